The highest BCUT2D eigenvalue weighted by Crippen LogP contribution is 2.65. The number of carbonyl (C=O) groups is 2. The first kappa shape index (κ1) is 13.9. The molecule has 3 rings (SSSR count). The van der Waals surface area contributed by atoms with Crippen LogP contribution in [0.4, 0.5) is 0 Å². The Labute approximate surface area is 120 Å². The highest BCUT2D eigenvalue weighted by molar-refractivity contribution is 5.96. The molecule has 1 aliphatic heterocycles. The van der Waals surface area contributed by atoms with Crippen LogP contribution in [0.2, 0.25) is 0 Å². The maximum Gasteiger partial charge on any atom is 0.313 e. The van der Waals surface area contributed by atoms with Crippen LogP contribution < -0.4 is 5.32 Å². The minimum absolute atomic E-state index is 0.0658. The van der Waals surface area contributed by atoms with Gasteiger partial charge >= 0.3 is 5.97 Å². The number of carbonyl (C=O) groups excluding carboxylic acids is 2. The quantitative estimate of drug-likeness (QED) is 0.790. The lowest BCUT2D eigenvalue weighted by atomic mass is 9.66. The topological polar surface area (TPSA) is 55.4 Å². The zero-order valence-corrected chi connectivity index (χ0v) is 12.8. The van der Waals surface area contributed by atoms with Crippen molar-refractivity contribution in [1.82, 2.24) is 5.32 Å². The molecule has 20 heavy (non-hydrogen) atoms. The molecule has 2 aliphatic carbocycles. The van der Waals surface area contributed by atoms with E-state index in [2.05, 4.69) is 5.32 Å². The van der Waals surface area contributed by atoms with Crippen molar-refractivity contribution in [3.63, 3.8) is 0 Å². The van der Waals surface area contributed by atoms with E-state index >= 15 is 0 Å². The number of fused-ring (bicyclic) bond motifs is 2. The summed E-state index contributed by atoms with van der Waals surface area (Å²) < 4.78 is 5.62. The average Bonchev–Trinajstić information content (AvgIpc) is 2.70. The number of esters is 1. The molecule has 0 radical (unpaired) electrons. The Balaban J connectivity index is 1.82. The van der Waals surface area contributed by atoms with Gasteiger partial charge in [-0.3, -0.25) is 9.59 Å². The molecule has 3 fully saturated rings. The number of rotatable bonds is 2. The predicted molar refractivity (Wildman–Crippen MR) is 75.0 cm³/mol. The van der Waals surface area contributed by atoms with E-state index in [9.17, 15) is 9.59 Å². The summed E-state index contributed by atoms with van der Waals surface area (Å²) in [5.41, 5.74) is -1.90. The third-order valence-corrected chi connectivity index (χ3v) is 6.39. The van der Waals surface area contributed by atoms with E-state index < -0.39 is 16.4 Å². The molecule has 2 atom stereocenters. The fraction of sp³-hybridized carbons (Fsp3) is 0.875. The van der Waals surface area contributed by atoms with Gasteiger partial charge in [-0.15, -0.1) is 0 Å². The SMILES string of the molecule is CC1(C)[C@@]2(C)CC[C@]1(C(=O)NC1CCCCC1)OC2=O. The van der Waals surface area contributed by atoms with Crippen LogP contribution in [0.15, 0.2) is 0 Å². The van der Waals surface area contributed by atoms with Crippen LogP contribution in [-0.2, 0) is 14.3 Å². The van der Waals surface area contributed by atoms with E-state index in [1.54, 1.807) is 0 Å². The third-order valence-electron chi connectivity index (χ3n) is 6.39. The molecule has 1 heterocycles. The van der Waals surface area contributed by atoms with Gasteiger partial charge < -0.3 is 10.1 Å². The second-order valence-electron chi connectivity index (χ2n) is 7.48. The van der Waals surface area contributed by atoms with Crippen LogP contribution in [0, 0.1) is 10.8 Å². The molecule has 1 amide bonds. The van der Waals surface area contributed by atoms with Gasteiger partial charge in [-0.2, -0.15) is 0 Å². The van der Waals surface area contributed by atoms with E-state index in [1.807, 2.05) is 20.8 Å². The minimum atomic E-state index is -0.948. The summed E-state index contributed by atoms with van der Waals surface area (Å²) in [6.45, 7) is 5.95. The molecular weight excluding hydrogens is 254 g/mol. The van der Waals surface area contributed by atoms with Crippen LogP contribution in [0.3, 0.4) is 0 Å². The van der Waals surface area contributed by atoms with Crippen LogP contribution in [0.1, 0.15) is 65.7 Å². The molecule has 1 N–H and O–H groups in total. The Kier molecular flexibility index (Phi) is 2.93. The summed E-state index contributed by atoms with van der Waals surface area (Å²) in [4.78, 5) is 25.0. The van der Waals surface area contributed by atoms with Crippen molar-refractivity contribution >= 4 is 11.9 Å². The van der Waals surface area contributed by atoms with Gasteiger partial charge in [-0.25, -0.2) is 0 Å². The van der Waals surface area contributed by atoms with Crippen molar-refractivity contribution in [3.8, 4) is 0 Å². The van der Waals surface area contributed by atoms with E-state index in [0.29, 0.717) is 6.42 Å². The van der Waals surface area contributed by atoms with E-state index in [0.717, 1.165) is 19.3 Å². The molecule has 0 aromatic rings. The number of hydrogen-bond donors (Lipinski definition) is 1. The molecule has 4 heteroatoms. The Hall–Kier alpha value is -1.06. The van der Waals surface area contributed by atoms with E-state index in [-0.39, 0.29) is 17.9 Å². The maximum atomic E-state index is 12.8. The normalized spacial score (nSPS) is 39.6. The smallest absolute Gasteiger partial charge is 0.313 e. The fourth-order valence-corrected chi connectivity index (χ4v) is 4.30. The fourth-order valence-electron chi connectivity index (χ4n) is 4.30. The summed E-state index contributed by atoms with van der Waals surface area (Å²) in [6.07, 6.45) is 7.12. The molecule has 4 nitrogen and oxygen atoms in total. The minimum Gasteiger partial charge on any atom is -0.448 e. The van der Waals surface area contributed by atoms with Crippen LogP contribution in [0.25, 0.3) is 0 Å². The highest BCUT2D eigenvalue weighted by Gasteiger charge is 2.75. The number of hydrogen-bond acceptors (Lipinski definition) is 3. The Morgan fingerprint density at radius 1 is 1.15 bits per heavy atom. The maximum absolute atomic E-state index is 12.8. The molecule has 3 aliphatic rings. The van der Waals surface area contributed by atoms with Crippen molar-refractivity contribution in [2.24, 2.45) is 10.8 Å². The zero-order chi connectivity index (χ0) is 14.6. The number of amides is 1. The van der Waals surface area contributed by atoms with Gasteiger partial charge in [-0.1, -0.05) is 33.1 Å². The monoisotopic (exact) mass is 279 g/mol. The van der Waals surface area contributed by atoms with Gasteiger partial charge in [-0.05, 0) is 32.6 Å². The molecule has 2 bridgehead atoms. The van der Waals surface area contributed by atoms with Crippen molar-refractivity contribution in [1.29, 1.82) is 0 Å². The lowest BCUT2D eigenvalue weighted by Crippen LogP contribution is -2.55. The van der Waals surface area contributed by atoms with Gasteiger partial charge in [0.2, 0.25) is 0 Å². The van der Waals surface area contributed by atoms with E-state index in [4.69, 9.17) is 4.74 Å². The zero-order valence-electron chi connectivity index (χ0n) is 12.8. The molecule has 2 saturated carbocycles. The van der Waals surface area contributed by atoms with Gasteiger partial charge in [0, 0.05) is 11.5 Å². The van der Waals surface area contributed by atoms with Crippen molar-refractivity contribution < 1.29 is 14.3 Å². The van der Waals surface area contributed by atoms with Gasteiger partial charge in [0.25, 0.3) is 5.91 Å². The summed E-state index contributed by atoms with van der Waals surface area (Å²) in [6, 6.07) is 0.257. The molecular formula is C16H25NO3. The van der Waals surface area contributed by atoms with Crippen LogP contribution in [0.5, 0.6) is 0 Å². The highest BCUT2D eigenvalue weighted by atomic mass is 16.6. The molecule has 1 saturated heterocycles. The summed E-state index contributed by atoms with van der Waals surface area (Å²) in [5, 5.41) is 3.16. The Bertz CT molecular complexity index is 453. The molecule has 112 valence electrons. The third kappa shape index (κ3) is 1.54. The summed E-state index contributed by atoms with van der Waals surface area (Å²) in [5.74, 6) is -0.267. The Morgan fingerprint density at radius 3 is 2.30 bits per heavy atom. The van der Waals surface area contributed by atoms with Gasteiger partial charge in [0.05, 0.1) is 5.41 Å². The van der Waals surface area contributed by atoms with Crippen molar-refractivity contribution in [2.75, 3.05) is 0 Å². The van der Waals surface area contributed by atoms with E-state index in [1.165, 1.54) is 19.3 Å². The predicted octanol–water partition coefficient (Wildman–Crippen LogP) is 2.56. The standard InChI is InChI=1S/C16H25NO3/c1-14(2)15(3)9-10-16(14,20-13(15)19)12(18)17-11-7-5-4-6-8-11/h11H,4-10H2,1-3H3,(H,17,18)/t15-,16+/m0/s1. The van der Waals surface area contributed by atoms with Crippen LogP contribution >= 0.6 is 0 Å². The largest absolute Gasteiger partial charge is 0.448 e. The second-order valence-corrected chi connectivity index (χ2v) is 7.48. The molecule has 0 unspecified atom stereocenters. The molecule has 0 spiro atoms. The average molecular weight is 279 g/mol. The lowest BCUT2D eigenvalue weighted by molar-refractivity contribution is -0.168. The summed E-state index contributed by atoms with van der Waals surface area (Å²) in [7, 11) is 0. The van der Waals surface area contributed by atoms with Crippen LogP contribution in [-0.4, -0.2) is 23.5 Å². The molecule has 0 aromatic carbocycles. The summed E-state index contributed by atoms with van der Waals surface area (Å²) >= 11 is 0. The second kappa shape index (κ2) is 4.22. The first-order valence-corrected chi connectivity index (χ1v) is 7.88. The number of nitrogens with one attached hydrogen (secondary N) is 1. The Morgan fingerprint density at radius 2 is 1.80 bits per heavy atom. The first-order chi connectivity index (χ1) is 9.33. The van der Waals surface area contributed by atoms with Gasteiger partial charge in [0.1, 0.15) is 0 Å². The first-order valence-electron chi connectivity index (χ1n) is 7.88. The van der Waals surface area contributed by atoms with Crippen molar-refractivity contribution in [2.45, 2.75) is 77.4 Å². The number of ether oxygens (including phenoxy) is 1. The molecule has 0 aromatic heterocycles. The van der Waals surface area contributed by atoms with Crippen molar-refractivity contribution in [3.05, 3.63) is 0 Å². The van der Waals surface area contributed by atoms with Gasteiger partial charge in [0.15, 0.2) is 5.60 Å². The lowest BCUT2D eigenvalue weighted by Gasteiger charge is -2.37.